The summed E-state index contributed by atoms with van der Waals surface area (Å²) in [6.07, 6.45) is -1.55. The number of benzene rings is 2. The van der Waals surface area contributed by atoms with Crippen LogP contribution in [0.4, 0.5) is 4.39 Å². The zero-order valence-electron chi connectivity index (χ0n) is 15.0. The van der Waals surface area contributed by atoms with Crippen molar-refractivity contribution in [2.24, 2.45) is 0 Å². The highest BCUT2D eigenvalue weighted by molar-refractivity contribution is 5.95. The number of morpholine rings is 1. The average molecular weight is 373 g/mol. The van der Waals surface area contributed by atoms with Crippen molar-refractivity contribution in [1.29, 1.82) is 0 Å². The smallest absolute Gasteiger partial charge is 0.334 e. The average Bonchev–Trinajstić information content (AvgIpc) is 2.67. The molecule has 2 aromatic rings. The molecular weight excluding hydrogens is 353 g/mol. The first-order chi connectivity index (χ1) is 12.9. The summed E-state index contributed by atoms with van der Waals surface area (Å²) in [5, 5.41) is 9.13. The molecular formula is C20H20FNO5. The molecule has 2 atom stereocenters. The van der Waals surface area contributed by atoms with Gasteiger partial charge in [-0.25, -0.2) is 9.18 Å². The Bertz CT molecular complexity index is 852. The van der Waals surface area contributed by atoms with Crippen LogP contribution in [0.15, 0.2) is 42.5 Å². The first-order valence-electron chi connectivity index (χ1n) is 8.50. The summed E-state index contributed by atoms with van der Waals surface area (Å²) in [7, 11) is 1.57. The van der Waals surface area contributed by atoms with Crippen LogP contribution in [0.1, 0.15) is 17.3 Å². The van der Waals surface area contributed by atoms with Crippen molar-refractivity contribution in [3.05, 3.63) is 53.8 Å². The first kappa shape index (κ1) is 18.8. The van der Waals surface area contributed by atoms with Gasteiger partial charge in [0.1, 0.15) is 11.6 Å². The number of carboxylic acids is 1. The number of nitrogens with zero attached hydrogens (tertiary/aromatic N) is 1. The number of aliphatic carboxylic acids is 1. The van der Waals surface area contributed by atoms with Gasteiger partial charge in [0.25, 0.3) is 5.91 Å². The molecule has 3 rings (SSSR count). The molecule has 0 spiro atoms. The number of rotatable bonds is 4. The van der Waals surface area contributed by atoms with E-state index in [-0.39, 0.29) is 18.7 Å². The van der Waals surface area contributed by atoms with Gasteiger partial charge in [-0.15, -0.1) is 0 Å². The predicted molar refractivity (Wildman–Crippen MR) is 96.3 cm³/mol. The van der Waals surface area contributed by atoms with Gasteiger partial charge in [0.2, 0.25) is 0 Å². The summed E-state index contributed by atoms with van der Waals surface area (Å²) in [5.41, 5.74) is 1.33. The van der Waals surface area contributed by atoms with Gasteiger partial charge in [-0.1, -0.05) is 18.2 Å². The molecule has 2 aromatic carbocycles. The van der Waals surface area contributed by atoms with Gasteiger partial charge in [-0.05, 0) is 42.3 Å². The first-order valence-corrected chi connectivity index (χ1v) is 8.50. The molecule has 1 unspecified atom stereocenters. The van der Waals surface area contributed by atoms with E-state index in [1.165, 1.54) is 17.0 Å². The Labute approximate surface area is 156 Å². The number of ether oxygens (including phenoxy) is 2. The van der Waals surface area contributed by atoms with Crippen molar-refractivity contribution in [3.8, 4) is 16.9 Å². The second-order valence-electron chi connectivity index (χ2n) is 6.41. The van der Waals surface area contributed by atoms with Crippen LogP contribution in [0.5, 0.6) is 5.75 Å². The van der Waals surface area contributed by atoms with Crippen LogP contribution in [-0.4, -0.2) is 54.3 Å². The minimum atomic E-state index is -1.14. The largest absolute Gasteiger partial charge is 0.497 e. The number of hydrogen-bond acceptors (Lipinski definition) is 4. The van der Waals surface area contributed by atoms with Crippen molar-refractivity contribution >= 4 is 11.9 Å². The van der Waals surface area contributed by atoms with Crippen LogP contribution in [-0.2, 0) is 9.53 Å². The van der Waals surface area contributed by atoms with E-state index in [0.717, 1.165) is 5.56 Å². The van der Waals surface area contributed by atoms with Gasteiger partial charge in [0.15, 0.2) is 6.10 Å². The Morgan fingerprint density at radius 3 is 2.41 bits per heavy atom. The van der Waals surface area contributed by atoms with Gasteiger partial charge in [0, 0.05) is 6.54 Å². The van der Waals surface area contributed by atoms with Crippen LogP contribution < -0.4 is 4.74 Å². The van der Waals surface area contributed by atoms with Crippen LogP contribution in [0.2, 0.25) is 0 Å². The van der Waals surface area contributed by atoms with Crippen molar-refractivity contribution in [3.63, 3.8) is 0 Å². The zero-order chi connectivity index (χ0) is 19.6. The summed E-state index contributed by atoms with van der Waals surface area (Å²) >= 11 is 0. The summed E-state index contributed by atoms with van der Waals surface area (Å²) < 4.78 is 25.0. The SMILES string of the molecule is COc1ccc(-c2ccc(C(=O)N3CC(C(=O)O)O[C@H](C)C3)c(F)c2)cc1. The second-order valence-corrected chi connectivity index (χ2v) is 6.41. The van der Waals surface area contributed by atoms with Crippen molar-refractivity contribution in [2.75, 3.05) is 20.2 Å². The second kappa shape index (κ2) is 7.75. The fourth-order valence-corrected chi connectivity index (χ4v) is 3.08. The topological polar surface area (TPSA) is 76.1 Å². The maximum absolute atomic E-state index is 14.6. The third-order valence-electron chi connectivity index (χ3n) is 4.45. The van der Waals surface area contributed by atoms with Gasteiger partial charge in [0.05, 0.1) is 25.3 Å². The van der Waals surface area contributed by atoms with Crippen LogP contribution in [0.25, 0.3) is 11.1 Å². The van der Waals surface area contributed by atoms with Crippen LogP contribution in [0.3, 0.4) is 0 Å². The van der Waals surface area contributed by atoms with E-state index in [0.29, 0.717) is 11.3 Å². The van der Waals surface area contributed by atoms with Gasteiger partial charge in [-0.3, -0.25) is 4.79 Å². The quantitative estimate of drug-likeness (QED) is 0.892. The van der Waals surface area contributed by atoms with Crippen molar-refractivity contribution in [1.82, 2.24) is 4.90 Å². The van der Waals surface area contributed by atoms with E-state index in [1.54, 1.807) is 44.4 Å². The molecule has 6 nitrogen and oxygen atoms in total. The number of methoxy groups -OCH3 is 1. The molecule has 1 aliphatic rings. The molecule has 0 saturated carbocycles. The summed E-state index contributed by atoms with van der Waals surface area (Å²) in [4.78, 5) is 25.2. The Balaban J connectivity index is 1.82. The molecule has 1 heterocycles. The fourth-order valence-electron chi connectivity index (χ4n) is 3.08. The molecule has 0 radical (unpaired) electrons. The summed E-state index contributed by atoms with van der Waals surface area (Å²) in [6.45, 7) is 1.78. The van der Waals surface area contributed by atoms with Gasteiger partial charge >= 0.3 is 5.97 Å². The lowest BCUT2D eigenvalue weighted by molar-refractivity contribution is -0.160. The lowest BCUT2D eigenvalue weighted by Gasteiger charge is -2.35. The van der Waals surface area contributed by atoms with Gasteiger partial charge in [-0.2, -0.15) is 0 Å². The van der Waals surface area contributed by atoms with E-state index in [2.05, 4.69) is 0 Å². The third-order valence-corrected chi connectivity index (χ3v) is 4.45. The van der Waals surface area contributed by atoms with Crippen molar-refractivity contribution in [2.45, 2.75) is 19.1 Å². The monoisotopic (exact) mass is 373 g/mol. The number of carbonyl (C=O) groups is 2. The standard InChI is InChI=1S/C20H20FNO5/c1-12-10-22(11-18(27-12)20(24)25)19(23)16-8-5-14(9-17(16)21)13-3-6-15(26-2)7-4-13/h3-9,12,18H,10-11H2,1-2H3,(H,24,25)/t12-,18?/m1/s1. The minimum Gasteiger partial charge on any atom is -0.497 e. The number of amides is 1. The number of halogens is 1. The third kappa shape index (κ3) is 4.09. The molecule has 7 heteroatoms. The molecule has 1 fully saturated rings. The Hall–Kier alpha value is -2.93. The van der Waals surface area contributed by atoms with Gasteiger partial charge < -0.3 is 19.5 Å². The maximum Gasteiger partial charge on any atom is 0.334 e. The molecule has 0 bridgehead atoms. The van der Waals surface area contributed by atoms with Crippen LogP contribution >= 0.6 is 0 Å². The molecule has 1 N–H and O–H groups in total. The Morgan fingerprint density at radius 1 is 1.15 bits per heavy atom. The van der Waals surface area contributed by atoms with E-state index in [9.17, 15) is 14.0 Å². The van der Waals surface area contributed by atoms with E-state index < -0.39 is 29.9 Å². The van der Waals surface area contributed by atoms with E-state index in [4.69, 9.17) is 14.6 Å². The van der Waals surface area contributed by atoms with E-state index >= 15 is 0 Å². The number of carbonyl (C=O) groups excluding carboxylic acids is 1. The molecule has 1 amide bonds. The highest BCUT2D eigenvalue weighted by atomic mass is 19.1. The summed E-state index contributed by atoms with van der Waals surface area (Å²) in [5.74, 6) is -1.65. The molecule has 0 aromatic heterocycles. The van der Waals surface area contributed by atoms with Crippen LogP contribution in [0, 0.1) is 5.82 Å². The highest BCUT2D eigenvalue weighted by Gasteiger charge is 2.33. The van der Waals surface area contributed by atoms with E-state index in [1.807, 2.05) is 0 Å². The lowest BCUT2D eigenvalue weighted by Crippen LogP contribution is -2.51. The molecule has 142 valence electrons. The molecule has 0 aliphatic carbocycles. The normalized spacial score (nSPS) is 19.6. The predicted octanol–water partition coefficient (Wildman–Crippen LogP) is 2.82. The zero-order valence-corrected chi connectivity index (χ0v) is 15.0. The maximum atomic E-state index is 14.6. The molecule has 27 heavy (non-hydrogen) atoms. The number of carboxylic acid groups (broad SMARTS) is 1. The Morgan fingerprint density at radius 2 is 1.81 bits per heavy atom. The fraction of sp³-hybridized carbons (Fsp3) is 0.300. The Kier molecular flexibility index (Phi) is 5.41. The lowest BCUT2D eigenvalue weighted by atomic mass is 10.0. The summed E-state index contributed by atoms with van der Waals surface area (Å²) in [6, 6.07) is 11.5. The van der Waals surface area contributed by atoms with Crippen molar-refractivity contribution < 1.29 is 28.6 Å². The highest BCUT2D eigenvalue weighted by Crippen LogP contribution is 2.25. The molecule has 1 aliphatic heterocycles. The minimum absolute atomic E-state index is 0.0921. The number of hydrogen-bond donors (Lipinski definition) is 1. The molecule has 1 saturated heterocycles.